The maximum absolute atomic E-state index is 12.7. The summed E-state index contributed by atoms with van der Waals surface area (Å²) >= 11 is 1.36. The van der Waals surface area contributed by atoms with E-state index in [9.17, 15) is 18.0 Å². The Morgan fingerprint density at radius 1 is 1.35 bits per heavy atom. The van der Waals surface area contributed by atoms with Crippen molar-refractivity contribution in [3.05, 3.63) is 52.1 Å². The van der Waals surface area contributed by atoms with E-state index in [1.54, 1.807) is 11.7 Å². The summed E-state index contributed by atoms with van der Waals surface area (Å²) in [7, 11) is 0. The van der Waals surface area contributed by atoms with Gasteiger partial charge in [-0.1, -0.05) is 12.1 Å². The Morgan fingerprint density at radius 2 is 2.05 bits per heavy atom. The normalized spacial score (nSPS) is 18.2. The van der Waals surface area contributed by atoms with Gasteiger partial charge in [0.1, 0.15) is 0 Å². The Kier molecular flexibility index (Phi) is 3.94. The summed E-state index contributed by atoms with van der Waals surface area (Å²) in [5.74, 6) is -0.295. The third-order valence-electron chi connectivity index (χ3n) is 2.96. The predicted molar refractivity (Wildman–Crippen MR) is 73.8 cm³/mol. The highest BCUT2D eigenvalue weighted by Crippen LogP contribution is 2.36. The second-order valence-corrected chi connectivity index (χ2v) is 5.07. The summed E-state index contributed by atoms with van der Waals surface area (Å²) in [5.41, 5.74) is 6.24. The first-order valence-corrected chi connectivity index (χ1v) is 7.06. The molecule has 0 saturated carbocycles. The zero-order valence-corrected chi connectivity index (χ0v) is 11.4. The minimum Gasteiger partial charge on any atom is -0.401 e. The first-order chi connectivity index (χ1) is 9.34. The number of Topliss-reactive ketones (excluding diaryl/α,β-unsaturated/α-hetero) is 1. The van der Waals surface area contributed by atoms with Crippen LogP contribution in [0.15, 0.2) is 40.9 Å². The van der Waals surface area contributed by atoms with E-state index in [1.807, 2.05) is 0 Å². The van der Waals surface area contributed by atoms with Crippen LogP contribution in [-0.2, 0) is 11.0 Å². The molecule has 1 aliphatic rings. The molecule has 0 unspecified atom stereocenters. The number of hydrogen-bond donors (Lipinski definition) is 1. The van der Waals surface area contributed by atoms with Crippen molar-refractivity contribution in [1.82, 2.24) is 0 Å². The highest BCUT2D eigenvalue weighted by molar-refractivity contribution is 8.01. The lowest BCUT2D eigenvalue weighted by Crippen LogP contribution is -2.07. The molecule has 106 valence electrons. The quantitative estimate of drug-likeness (QED) is 0.849. The zero-order chi connectivity index (χ0) is 14.9. The molecule has 6 heteroatoms. The van der Waals surface area contributed by atoms with Gasteiger partial charge in [0.15, 0.2) is 5.78 Å². The van der Waals surface area contributed by atoms with Gasteiger partial charge < -0.3 is 5.73 Å². The van der Waals surface area contributed by atoms with Crippen LogP contribution in [-0.4, -0.2) is 12.0 Å². The van der Waals surface area contributed by atoms with Gasteiger partial charge in [-0.25, -0.2) is 0 Å². The molecule has 0 aliphatic heterocycles. The van der Waals surface area contributed by atoms with Crippen LogP contribution >= 0.6 is 11.8 Å². The van der Waals surface area contributed by atoms with Crippen LogP contribution in [0.3, 0.4) is 0 Å². The summed E-state index contributed by atoms with van der Waals surface area (Å²) in [6.07, 6.45) is -2.35. The molecular formula is C14H12F3NOS. The molecule has 20 heavy (non-hydrogen) atoms. The number of rotatable bonds is 2. The fourth-order valence-electron chi connectivity index (χ4n) is 2.09. The number of benzene rings is 1. The molecule has 2 nitrogen and oxygen atoms in total. The van der Waals surface area contributed by atoms with E-state index >= 15 is 0 Å². The highest BCUT2D eigenvalue weighted by Gasteiger charge is 2.32. The average Bonchev–Trinajstić information content (AvgIpc) is 2.64. The molecule has 0 fully saturated rings. The summed E-state index contributed by atoms with van der Waals surface area (Å²) in [6.45, 7) is 0. The average molecular weight is 299 g/mol. The highest BCUT2D eigenvalue weighted by atomic mass is 32.2. The summed E-state index contributed by atoms with van der Waals surface area (Å²) in [4.78, 5) is 12.2. The summed E-state index contributed by atoms with van der Waals surface area (Å²) < 4.78 is 38.1. The molecule has 2 rings (SSSR count). The maximum Gasteiger partial charge on any atom is 0.416 e. The van der Waals surface area contributed by atoms with Crippen molar-refractivity contribution in [3.8, 4) is 0 Å². The van der Waals surface area contributed by atoms with Gasteiger partial charge >= 0.3 is 6.18 Å². The molecule has 1 aromatic rings. The van der Waals surface area contributed by atoms with Gasteiger partial charge in [0.25, 0.3) is 0 Å². The fourth-order valence-corrected chi connectivity index (χ4v) is 2.56. The third-order valence-corrected chi connectivity index (χ3v) is 3.48. The van der Waals surface area contributed by atoms with E-state index < -0.39 is 11.7 Å². The number of halogens is 3. The van der Waals surface area contributed by atoms with Crippen LogP contribution in [0, 0.1) is 0 Å². The minimum absolute atomic E-state index is 0.177. The maximum atomic E-state index is 12.7. The number of nitrogens with two attached hydrogens (primary N) is 1. The second kappa shape index (κ2) is 5.36. The molecular weight excluding hydrogens is 287 g/mol. The molecule has 0 saturated heterocycles. The largest absolute Gasteiger partial charge is 0.416 e. The first-order valence-electron chi connectivity index (χ1n) is 5.77. The van der Waals surface area contributed by atoms with Crippen molar-refractivity contribution >= 4 is 23.1 Å². The van der Waals surface area contributed by atoms with Gasteiger partial charge in [-0.2, -0.15) is 13.2 Å². The molecule has 2 N–H and O–H groups in total. The molecule has 0 spiro atoms. The molecule has 1 aromatic carbocycles. The molecule has 1 aliphatic carbocycles. The molecule has 0 heterocycles. The summed E-state index contributed by atoms with van der Waals surface area (Å²) in [6, 6.07) is 4.68. The molecule has 0 bridgehead atoms. The van der Waals surface area contributed by atoms with Crippen molar-refractivity contribution in [3.63, 3.8) is 0 Å². The number of thioether (sulfide) groups is 1. The van der Waals surface area contributed by atoms with Gasteiger partial charge in [0, 0.05) is 23.3 Å². The third kappa shape index (κ3) is 2.75. The van der Waals surface area contributed by atoms with E-state index in [0.717, 1.165) is 12.1 Å². The Labute approximate surface area is 118 Å². The van der Waals surface area contributed by atoms with Crippen molar-refractivity contribution < 1.29 is 18.0 Å². The van der Waals surface area contributed by atoms with Crippen LogP contribution in [0.4, 0.5) is 13.2 Å². The first kappa shape index (κ1) is 14.7. The Balaban J connectivity index is 2.45. The van der Waals surface area contributed by atoms with Crippen molar-refractivity contribution in [1.29, 1.82) is 0 Å². The van der Waals surface area contributed by atoms with E-state index in [-0.39, 0.29) is 23.3 Å². The smallest absolute Gasteiger partial charge is 0.401 e. The number of carbonyl (C=O) groups is 1. The lowest BCUT2D eigenvalue weighted by molar-refractivity contribution is -0.137. The van der Waals surface area contributed by atoms with Gasteiger partial charge in [0.05, 0.1) is 5.56 Å². The van der Waals surface area contributed by atoms with Crippen molar-refractivity contribution in [2.45, 2.75) is 12.6 Å². The number of ketones is 1. The Bertz CT molecular complexity index is 617. The number of hydrogen-bond acceptors (Lipinski definition) is 3. The van der Waals surface area contributed by atoms with Crippen LogP contribution in [0.1, 0.15) is 17.5 Å². The number of allylic oxidation sites excluding steroid dienone is 2. The van der Waals surface area contributed by atoms with Crippen LogP contribution in [0.25, 0.3) is 5.57 Å². The van der Waals surface area contributed by atoms with Gasteiger partial charge in [-0.3, -0.25) is 4.79 Å². The van der Waals surface area contributed by atoms with Crippen LogP contribution in [0.5, 0.6) is 0 Å². The molecule has 0 radical (unpaired) electrons. The van der Waals surface area contributed by atoms with Crippen molar-refractivity contribution in [2.24, 2.45) is 5.73 Å². The van der Waals surface area contributed by atoms with Crippen molar-refractivity contribution in [2.75, 3.05) is 6.26 Å². The topological polar surface area (TPSA) is 43.1 Å². The van der Waals surface area contributed by atoms with E-state index in [4.69, 9.17) is 5.73 Å². The minimum atomic E-state index is -4.44. The molecule has 0 amide bonds. The van der Waals surface area contributed by atoms with Gasteiger partial charge in [0.2, 0.25) is 0 Å². The molecule has 0 aromatic heterocycles. The van der Waals surface area contributed by atoms with E-state index in [2.05, 4.69) is 0 Å². The fraction of sp³-hybridized carbons (Fsp3) is 0.214. The van der Waals surface area contributed by atoms with E-state index in [0.29, 0.717) is 11.3 Å². The number of carbonyl (C=O) groups excluding carboxylic acids is 1. The monoisotopic (exact) mass is 299 g/mol. The SMILES string of the molecule is CS/C=C1\CC(N)=C(c2cccc(C(F)(F)F)c2)C1=O. The second-order valence-electron chi connectivity index (χ2n) is 4.36. The molecule has 0 atom stereocenters. The van der Waals surface area contributed by atoms with Crippen LogP contribution in [0.2, 0.25) is 0 Å². The zero-order valence-electron chi connectivity index (χ0n) is 10.6. The predicted octanol–water partition coefficient (Wildman–Crippen LogP) is 3.59. The van der Waals surface area contributed by atoms with Gasteiger partial charge in [-0.05, 0) is 29.4 Å². The lowest BCUT2D eigenvalue weighted by atomic mass is 10.0. The Hall–Kier alpha value is -1.69. The van der Waals surface area contributed by atoms with Crippen LogP contribution < -0.4 is 5.73 Å². The van der Waals surface area contributed by atoms with Gasteiger partial charge in [-0.15, -0.1) is 11.8 Å². The Morgan fingerprint density at radius 3 is 2.65 bits per heavy atom. The summed E-state index contributed by atoms with van der Waals surface area (Å²) in [5, 5.41) is 1.68. The number of alkyl halides is 3. The van der Waals surface area contributed by atoms with E-state index in [1.165, 1.54) is 23.9 Å². The lowest BCUT2D eigenvalue weighted by Gasteiger charge is -2.09. The standard InChI is InChI=1S/C14H12F3NOS/c1-20-7-9-6-11(18)12(13(9)19)8-3-2-4-10(5-8)14(15,16)17/h2-5,7H,6,18H2,1H3/b9-7+.